The summed E-state index contributed by atoms with van der Waals surface area (Å²) < 4.78 is 54.4. The second-order valence-electron chi connectivity index (χ2n) is 7.30. The van der Waals surface area contributed by atoms with Gasteiger partial charge in [0.25, 0.3) is 11.8 Å². The number of nitrogens with zero attached hydrogens (tertiary/aromatic N) is 3. The van der Waals surface area contributed by atoms with Crippen molar-refractivity contribution in [3.63, 3.8) is 0 Å². The quantitative estimate of drug-likeness (QED) is 0.592. The Morgan fingerprint density at radius 3 is 2.53 bits per heavy atom. The highest BCUT2D eigenvalue weighted by molar-refractivity contribution is 6.14. The van der Waals surface area contributed by atoms with E-state index >= 15 is 0 Å². The summed E-state index contributed by atoms with van der Waals surface area (Å²) >= 11 is 0. The van der Waals surface area contributed by atoms with Gasteiger partial charge in [0, 0.05) is 24.5 Å². The average molecular weight is 447 g/mol. The smallest absolute Gasteiger partial charge is 0.383 e. The summed E-state index contributed by atoms with van der Waals surface area (Å²) in [6.45, 7) is 1.69. The SMILES string of the molecule is C[C@H]1CN(c2ccc(C(F)(F)F)cc2)C(=O)c2c(NC(=O)c3cccnc3N)cc(F)n21. The Kier molecular flexibility index (Phi) is 5.11. The number of nitrogens with one attached hydrogen (secondary N) is 1. The lowest BCUT2D eigenvalue weighted by molar-refractivity contribution is -0.137. The van der Waals surface area contributed by atoms with E-state index in [0.717, 1.165) is 22.8 Å². The number of carbonyl (C=O) groups excluding carboxylic acids is 2. The summed E-state index contributed by atoms with van der Waals surface area (Å²) in [6, 6.07) is 7.50. The molecule has 166 valence electrons. The molecule has 11 heteroatoms. The van der Waals surface area contributed by atoms with Crippen LogP contribution in [0.4, 0.5) is 34.8 Å². The first-order valence-corrected chi connectivity index (χ1v) is 9.49. The van der Waals surface area contributed by atoms with Gasteiger partial charge in [0.1, 0.15) is 11.5 Å². The zero-order valence-corrected chi connectivity index (χ0v) is 16.7. The van der Waals surface area contributed by atoms with Crippen molar-refractivity contribution >= 4 is 29.0 Å². The molecular formula is C21H17F4N5O2. The van der Waals surface area contributed by atoms with Gasteiger partial charge in [-0.3, -0.25) is 9.59 Å². The summed E-state index contributed by atoms with van der Waals surface area (Å²) in [7, 11) is 0. The topological polar surface area (TPSA) is 93.2 Å². The molecule has 0 saturated carbocycles. The van der Waals surface area contributed by atoms with Gasteiger partial charge in [-0.15, -0.1) is 0 Å². The Labute approximate surface area is 179 Å². The molecule has 0 radical (unpaired) electrons. The van der Waals surface area contributed by atoms with Crippen LogP contribution in [0, 0.1) is 5.95 Å². The standard InChI is InChI=1S/C21H17F4N5O2/c1-11-10-29(13-6-4-12(5-7-13)21(23,24)25)20(32)17-15(9-16(22)30(11)17)28-19(31)14-3-2-8-27-18(14)26/h2-9,11H,10H2,1H3,(H2,26,27)(H,28,31)/t11-/m0/s1. The van der Waals surface area contributed by atoms with Crippen LogP contribution in [-0.2, 0) is 6.18 Å². The number of amides is 2. The van der Waals surface area contributed by atoms with Gasteiger partial charge in [0.15, 0.2) is 5.95 Å². The maximum atomic E-state index is 14.6. The van der Waals surface area contributed by atoms with Crippen LogP contribution in [-0.4, -0.2) is 27.9 Å². The minimum Gasteiger partial charge on any atom is -0.383 e. The minimum absolute atomic E-state index is 0.0335. The number of hydrogen-bond donors (Lipinski definition) is 2. The molecule has 3 aromatic rings. The lowest BCUT2D eigenvalue weighted by atomic mass is 10.1. The summed E-state index contributed by atoms with van der Waals surface area (Å²) in [6.07, 6.45) is -3.11. The van der Waals surface area contributed by atoms with Crippen molar-refractivity contribution in [3.05, 3.63) is 71.4 Å². The fraction of sp³-hybridized carbons (Fsp3) is 0.190. The Hall–Kier alpha value is -3.89. The lowest BCUT2D eigenvalue weighted by Crippen LogP contribution is -2.43. The molecule has 1 aliphatic heterocycles. The third-order valence-electron chi connectivity index (χ3n) is 5.16. The van der Waals surface area contributed by atoms with Crippen molar-refractivity contribution in [2.75, 3.05) is 22.5 Å². The molecule has 0 bridgehead atoms. The molecule has 4 rings (SSSR count). The number of fused-ring (bicyclic) bond motifs is 1. The van der Waals surface area contributed by atoms with E-state index < -0.39 is 35.5 Å². The van der Waals surface area contributed by atoms with Crippen molar-refractivity contribution in [1.29, 1.82) is 0 Å². The number of nitrogens with two attached hydrogens (primary N) is 1. The maximum Gasteiger partial charge on any atom is 0.416 e. The molecule has 2 aromatic heterocycles. The van der Waals surface area contributed by atoms with E-state index in [2.05, 4.69) is 10.3 Å². The van der Waals surface area contributed by atoms with Gasteiger partial charge in [-0.2, -0.15) is 17.6 Å². The molecular weight excluding hydrogens is 430 g/mol. The number of anilines is 3. The second kappa shape index (κ2) is 7.66. The van der Waals surface area contributed by atoms with Crippen LogP contribution in [0.3, 0.4) is 0 Å². The van der Waals surface area contributed by atoms with Gasteiger partial charge in [-0.1, -0.05) is 0 Å². The Balaban J connectivity index is 1.69. The van der Waals surface area contributed by atoms with E-state index in [1.807, 2.05) is 0 Å². The molecule has 1 aromatic carbocycles. The van der Waals surface area contributed by atoms with Crippen molar-refractivity contribution in [2.45, 2.75) is 19.1 Å². The second-order valence-corrected chi connectivity index (χ2v) is 7.30. The average Bonchev–Trinajstić information content (AvgIpc) is 3.07. The molecule has 0 spiro atoms. The number of nitrogen functional groups attached to an aromatic ring is 1. The van der Waals surface area contributed by atoms with Gasteiger partial charge < -0.3 is 20.5 Å². The third kappa shape index (κ3) is 3.66. The molecule has 32 heavy (non-hydrogen) atoms. The van der Waals surface area contributed by atoms with Crippen LogP contribution >= 0.6 is 0 Å². The first-order chi connectivity index (χ1) is 15.1. The molecule has 3 heterocycles. The highest BCUT2D eigenvalue weighted by Crippen LogP contribution is 2.35. The Morgan fingerprint density at radius 2 is 1.91 bits per heavy atom. The van der Waals surface area contributed by atoms with E-state index in [9.17, 15) is 27.2 Å². The van der Waals surface area contributed by atoms with Gasteiger partial charge in [0.2, 0.25) is 0 Å². The van der Waals surface area contributed by atoms with Crippen LogP contribution in [0.2, 0.25) is 0 Å². The number of pyridine rings is 1. The first-order valence-electron chi connectivity index (χ1n) is 9.49. The van der Waals surface area contributed by atoms with E-state index in [4.69, 9.17) is 5.73 Å². The molecule has 0 fully saturated rings. The van der Waals surface area contributed by atoms with Crippen LogP contribution in [0.1, 0.15) is 39.4 Å². The van der Waals surface area contributed by atoms with Gasteiger partial charge in [0.05, 0.1) is 22.9 Å². The Morgan fingerprint density at radius 1 is 1.22 bits per heavy atom. The van der Waals surface area contributed by atoms with Crippen molar-refractivity contribution < 1.29 is 27.2 Å². The molecule has 1 aliphatic rings. The Bertz CT molecular complexity index is 1200. The van der Waals surface area contributed by atoms with Gasteiger partial charge >= 0.3 is 6.18 Å². The number of rotatable bonds is 3. The largest absolute Gasteiger partial charge is 0.416 e. The maximum absolute atomic E-state index is 14.6. The molecule has 1 atom stereocenters. The highest BCUT2D eigenvalue weighted by Gasteiger charge is 2.36. The van der Waals surface area contributed by atoms with Crippen molar-refractivity contribution in [1.82, 2.24) is 9.55 Å². The highest BCUT2D eigenvalue weighted by atomic mass is 19.4. The normalized spacial score (nSPS) is 16.1. The van der Waals surface area contributed by atoms with Crippen LogP contribution in [0.25, 0.3) is 0 Å². The van der Waals surface area contributed by atoms with Crippen molar-refractivity contribution in [2.24, 2.45) is 0 Å². The van der Waals surface area contributed by atoms with E-state index in [1.165, 1.54) is 35.4 Å². The molecule has 0 unspecified atom stereocenters. The van der Waals surface area contributed by atoms with Crippen LogP contribution < -0.4 is 16.0 Å². The van der Waals surface area contributed by atoms with Crippen LogP contribution in [0.15, 0.2) is 48.7 Å². The minimum atomic E-state index is -4.51. The summed E-state index contributed by atoms with van der Waals surface area (Å²) in [5, 5.41) is 2.48. The fourth-order valence-corrected chi connectivity index (χ4v) is 3.65. The predicted octanol–water partition coefficient (Wildman–Crippen LogP) is 4.10. The fourth-order valence-electron chi connectivity index (χ4n) is 3.65. The molecule has 3 N–H and O–H groups in total. The number of halogens is 4. The predicted molar refractivity (Wildman–Crippen MR) is 109 cm³/mol. The van der Waals surface area contributed by atoms with E-state index in [0.29, 0.717) is 0 Å². The lowest BCUT2D eigenvalue weighted by Gasteiger charge is -2.33. The number of carbonyl (C=O) groups is 2. The third-order valence-corrected chi connectivity index (χ3v) is 5.16. The zero-order valence-electron chi connectivity index (χ0n) is 16.7. The number of benzene rings is 1. The first kappa shape index (κ1) is 21.3. The molecule has 0 saturated heterocycles. The zero-order chi connectivity index (χ0) is 23.2. The molecule has 0 aliphatic carbocycles. The van der Waals surface area contributed by atoms with Crippen LogP contribution in [0.5, 0.6) is 0 Å². The summed E-state index contributed by atoms with van der Waals surface area (Å²) in [5.74, 6) is -2.12. The number of hydrogen-bond acceptors (Lipinski definition) is 4. The molecule has 7 nitrogen and oxygen atoms in total. The summed E-state index contributed by atoms with van der Waals surface area (Å²) in [4.78, 5) is 30.9. The molecule has 2 amide bonds. The van der Waals surface area contributed by atoms with Gasteiger partial charge in [-0.25, -0.2) is 4.98 Å². The van der Waals surface area contributed by atoms with Crippen molar-refractivity contribution in [3.8, 4) is 0 Å². The van der Waals surface area contributed by atoms with E-state index in [-0.39, 0.29) is 35.0 Å². The number of alkyl halides is 3. The summed E-state index contributed by atoms with van der Waals surface area (Å²) in [5.41, 5.74) is 4.91. The van der Waals surface area contributed by atoms with Gasteiger partial charge in [-0.05, 0) is 43.3 Å². The number of aromatic nitrogens is 2. The monoisotopic (exact) mass is 447 g/mol. The van der Waals surface area contributed by atoms with E-state index in [1.54, 1.807) is 6.92 Å².